The predicted molar refractivity (Wildman–Crippen MR) is 112 cm³/mol. The van der Waals surface area contributed by atoms with E-state index in [1.807, 2.05) is 6.07 Å². The molecule has 0 spiro atoms. The van der Waals surface area contributed by atoms with E-state index in [1.165, 1.54) is 17.0 Å². The summed E-state index contributed by atoms with van der Waals surface area (Å²) in [5.74, 6) is -0.799. The molecule has 1 unspecified atom stereocenters. The predicted octanol–water partition coefficient (Wildman–Crippen LogP) is 4.56. The number of carbonyl (C=O) groups is 2. The van der Waals surface area contributed by atoms with Gasteiger partial charge in [0.25, 0.3) is 0 Å². The van der Waals surface area contributed by atoms with E-state index in [4.69, 9.17) is 5.26 Å². The number of nitrogens with one attached hydrogen (secondary N) is 1. The average Bonchev–Trinajstić information content (AvgIpc) is 3.01. The summed E-state index contributed by atoms with van der Waals surface area (Å²) in [6.07, 6.45) is -4.67. The van der Waals surface area contributed by atoms with Crippen molar-refractivity contribution in [3.8, 4) is 6.07 Å². The summed E-state index contributed by atoms with van der Waals surface area (Å²) in [6.45, 7) is 1.98. The Bertz CT molecular complexity index is 1080. The van der Waals surface area contributed by atoms with Gasteiger partial charge in [-0.15, -0.1) is 0 Å². The summed E-state index contributed by atoms with van der Waals surface area (Å²) in [4.78, 5) is 30.7. The highest BCUT2D eigenvalue weighted by atomic mass is 32.2. The van der Waals surface area contributed by atoms with E-state index >= 15 is 0 Å². The van der Waals surface area contributed by atoms with Crippen LogP contribution in [0.25, 0.3) is 0 Å². The Morgan fingerprint density at radius 3 is 2.68 bits per heavy atom. The molecule has 1 saturated heterocycles. The number of nitrogens with zero attached hydrogens (tertiary/aromatic N) is 3. The fourth-order valence-corrected chi connectivity index (χ4v) is 4.16. The molecule has 1 aliphatic rings. The summed E-state index contributed by atoms with van der Waals surface area (Å²) >= 11 is 1.03. The van der Waals surface area contributed by atoms with Gasteiger partial charge in [-0.25, -0.2) is 4.99 Å². The number of amides is 2. The molecule has 0 radical (unpaired) electrons. The lowest BCUT2D eigenvalue weighted by Gasteiger charge is -2.13. The van der Waals surface area contributed by atoms with Crippen LogP contribution in [0.3, 0.4) is 0 Å². The normalized spacial score (nSPS) is 17.6. The highest BCUT2D eigenvalue weighted by molar-refractivity contribution is 8.15. The van der Waals surface area contributed by atoms with Crippen molar-refractivity contribution in [3.05, 3.63) is 59.7 Å². The fourth-order valence-electron chi connectivity index (χ4n) is 2.94. The lowest BCUT2D eigenvalue weighted by Crippen LogP contribution is -2.33. The van der Waals surface area contributed by atoms with Crippen molar-refractivity contribution in [2.45, 2.75) is 24.8 Å². The number of aliphatic imine (C=N–C) groups is 1. The number of rotatable bonds is 5. The molecule has 2 aromatic carbocycles. The van der Waals surface area contributed by atoms with Crippen LogP contribution >= 0.6 is 11.8 Å². The van der Waals surface area contributed by atoms with E-state index in [0.717, 1.165) is 23.9 Å². The van der Waals surface area contributed by atoms with Crippen LogP contribution in [-0.2, 0) is 15.8 Å². The molecule has 160 valence electrons. The molecule has 31 heavy (non-hydrogen) atoms. The molecular formula is C21H17F3N4O2S. The molecule has 0 aliphatic carbocycles. The molecule has 1 atom stereocenters. The van der Waals surface area contributed by atoms with Gasteiger partial charge in [0.1, 0.15) is 11.3 Å². The van der Waals surface area contributed by atoms with Crippen molar-refractivity contribution < 1.29 is 22.8 Å². The number of para-hydroxylation sites is 1. The van der Waals surface area contributed by atoms with E-state index < -0.39 is 22.9 Å². The highest BCUT2D eigenvalue weighted by Crippen LogP contribution is 2.34. The van der Waals surface area contributed by atoms with Crippen LogP contribution in [-0.4, -0.2) is 33.7 Å². The van der Waals surface area contributed by atoms with Crippen molar-refractivity contribution >= 4 is 40.1 Å². The summed E-state index contributed by atoms with van der Waals surface area (Å²) in [5, 5.41) is 11.2. The average molecular weight is 446 g/mol. The zero-order valence-corrected chi connectivity index (χ0v) is 17.1. The monoisotopic (exact) mass is 446 g/mol. The number of benzene rings is 2. The van der Waals surface area contributed by atoms with E-state index in [-0.39, 0.29) is 29.7 Å². The SMILES string of the molecule is CCN1C(=O)C(CC(=O)Nc2ccccc2C#N)SC1=Nc1cccc(C(F)(F)F)c1. The third-order valence-electron chi connectivity index (χ3n) is 4.43. The van der Waals surface area contributed by atoms with Crippen molar-refractivity contribution in [1.82, 2.24) is 4.90 Å². The van der Waals surface area contributed by atoms with Gasteiger partial charge in [0, 0.05) is 13.0 Å². The summed E-state index contributed by atoms with van der Waals surface area (Å²) < 4.78 is 38.8. The first-order valence-electron chi connectivity index (χ1n) is 9.26. The van der Waals surface area contributed by atoms with E-state index in [1.54, 1.807) is 31.2 Å². The zero-order valence-electron chi connectivity index (χ0n) is 16.3. The smallest absolute Gasteiger partial charge is 0.325 e. The van der Waals surface area contributed by atoms with Gasteiger partial charge in [-0.2, -0.15) is 18.4 Å². The molecule has 1 N–H and O–H groups in total. The van der Waals surface area contributed by atoms with Gasteiger partial charge in [-0.3, -0.25) is 14.5 Å². The van der Waals surface area contributed by atoms with Gasteiger partial charge < -0.3 is 5.32 Å². The van der Waals surface area contributed by atoms with Crippen LogP contribution in [0.4, 0.5) is 24.5 Å². The molecule has 2 amide bonds. The Balaban J connectivity index is 1.76. The second kappa shape index (κ2) is 9.22. The largest absolute Gasteiger partial charge is 0.416 e. The molecule has 10 heteroatoms. The van der Waals surface area contributed by atoms with Gasteiger partial charge in [-0.1, -0.05) is 30.0 Å². The maximum Gasteiger partial charge on any atom is 0.416 e. The second-order valence-corrected chi connectivity index (χ2v) is 7.71. The number of hydrogen-bond donors (Lipinski definition) is 1. The minimum absolute atomic E-state index is 0.0663. The molecule has 0 bridgehead atoms. The molecule has 2 aromatic rings. The molecule has 0 aromatic heterocycles. The maximum absolute atomic E-state index is 12.9. The number of alkyl halides is 3. The zero-order chi connectivity index (χ0) is 22.6. The first-order chi connectivity index (χ1) is 14.7. The summed E-state index contributed by atoms with van der Waals surface area (Å²) in [6, 6.07) is 13.0. The van der Waals surface area contributed by atoms with Crippen molar-refractivity contribution in [2.75, 3.05) is 11.9 Å². The van der Waals surface area contributed by atoms with Gasteiger partial charge in [0.2, 0.25) is 11.8 Å². The lowest BCUT2D eigenvalue weighted by atomic mass is 10.2. The topological polar surface area (TPSA) is 85.6 Å². The highest BCUT2D eigenvalue weighted by Gasteiger charge is 2.38. The molecular weight excluding hydrogens is 429 g/mol. The van der Waals surface area contributed by atoms with Crippen LogP contribution in [0, 0.1) is 11.3 Å². The second-order valence-electron chi connectivity index (χ2n) is 6.54. The molecule has 3 rings (SSSR count). The fraction of sp³-hybridized carbons (Fsp3) is 0.238. The Morgan fingerprint density at radius 2 is 2.00 bits per heavy atom. The third kappa shape index (κ3) is 5.24. The standard InChI is InChI=1S/C21H17F3N4O2S/c1-2-28-19(30)17(11-18(29)27-16-9-4-3-6-13(16)12-25)31-20(28)26-15-8-5-7-14(10-15)21(22,23)24/h3-10,17H,2,11H2,1H3,(H,27,29). The van der Waals surface area contributed by atoms with E-state index in [2.05, 4.69) is 10.3 Å². The molecule has 0 saturated carbocycles. The van der Waals surface area contributed by atoms with E-state index in [0.29, 0.717) is 11.3 Å². The minimum Gasteiger partial charge on any atom is -0.325 e. The summed E-state index contributed by atoms with van der Waals surface area (Å²) in [5.41, 5.74) is -0.130. The quantitative estimate of drug-likeness (QED) is 0.730. The van der Waals surface area contributed by atoms with E-state index in [9.17, 15) is 22.8 Å². The van der Waals surface area contributed by atoms with Crippen molar-refractivity contribution in [1.29, 1.82) is 5.26 Å². The first kappa shape index (κ1) is 22.4. The number of amidine groups is 1. The number of halogens is 3. The van der Waals surface area contributed by atoms with Crippen LogP contribution in [0.15, 0.2) is 53.5 Å². The van der Waals surface area contributed by atoms with Crippen molar-refractivity contribution in [3.63, 3.8) is 0 Å². The van der Waals surface area contributed by atoms with Gasteiger partial charge in [0.15, 0.2) is 5.17 Å². The van der Waals surface area contributed by atoms with Gasteiger partial charge >= 0.3 is 6.18 Å². The summed E-state index contributed by atoms with van der Waals surface area (Å²) in [7, 11) is 0. The number of hydrogen-bond acceptors (Lipinski definition) is 5. The Hall–Kier alpha value is -3.32. The molecule has 6 nitrogen and oxygen atoms in total. The lowest BCUT2D eigenvalue weighted by molar-refractivity contribution is -0.137. The Kier molecular flexibility index (Phi) is 6.65. The van der Waals surface area contributed by atoms with Crippen LogP contribution < -0.4 is 5.32 Å². The van der Waals surface area contributed by atoms with Crippen LogP contribution in [0.1, 0.15) is 24.5 Å². The van der Waals surface area contributed by atoms with Crippen LogP contribution in [0.5, 0.6) is 0 Å². The Morgan fingerprint density at radius 1 is 1.26 bits per heavy atom. The third-order valence-corrected chi connectivity index (χ3v) is 5.60. The van der Waals surface area contributed by atoms with Gasteiger partial charge in [0.05, 0.1) is 22.5 Å². The number of thioether (sulfide) groups is 1. The first-order valence-corrected chi connectivity index (χ1v) is 10.1. The van der Waals surface area contributed by atoms with Crippen LogP contribution in [0.2, 0.25) is 0 Å². The molecule has 1 heterocycles. The van der Waals surface area contributed by atoms with Crippen molar-refractivity contribution in [2.24, 2.45) is 4.99 Å². The molecule has 1 fully saturated rings. The molecule has 1 aliphatic heterocycles. The number of carbonyl (C=O) groups excluding carboxylic acids is 2. The maximum atomic E-state index is 12.9. The number of nitriles is 1. The van der Waals surface area contributed by atoms with Gasteiger partial charge in [-0.05, 0) is 37.3 Å². The number of anilines is 1. The minimum atomic E-state index is -4.50. The Labute approximate surface area is 180 Å².